The van der Waals surface area contributed by atoms with Gasteiger partial charge < -0.3 is 9.47 Å². The Morgan fingerprint density at radius 1 is 1.32 bits per heavy atom. The number of nitrogens with zero attached hydrogens (tertiary/aromatic N) is 3. The van der Waals surface area contributed by atoms with Crippen molar-refractivity contribution in [2.75, 3.05) is 6.61 Å². The summed E-state index contributed by atoms with van der Waals surface area (Å²) >= 11 is 5.92. The summed E-state index contributed by atoms with van der Waals surface area (Å²) < 4.78 is 13.0. The van der Waals surface area contributed by atoms with Crippen molar-refractivity contribution < 1.29 is 9.47 Å². The molecular weight excluding hydrogens is 266 g/mol. The largest absolute Gasteiger partial charge is 0.490 e. The summed E-state index contributed by atoms with van der Waals surface area (Å²) in [7, 11) is 1.81. The van der Waals surface area contributed by atoms with Crippen LogP contribution in [-0.2, 0) is 19.5 Å². The Balaban J connectivity index is 2.17. The van der Waals surface area contributed by atoms with Crippen LogP contribution in [0.2, 0.25) is 0 Å². The Kier molecular flexibility index (Phi) is 4.63. The molecule has 1 aromatic carbocycles. The van der Waals surface area contributed by atoms with E-state index in [0.717, 1.165) is 11.3 Å². The van der Waals surface area contributed by atoms with E-state index in [4.69, 9.17) is 21.1 Å². The number of hydrogen-bond acceptors (Lipinski definition) is 4. The van der Waals surface area contributed by atoms with Gasteiger partial charge in [-0.15, -0.1) is 16.7 Å². The highest BCUT2D eigenvalue weighted by atomic mass is 35.5. The molecule has 0 saturated heterocycles. The zero-order valence-corrected chi connectivity index (χ0v) is 11.7. The van der Waals surface area contributed by atoms with Crippen molar-refractivity contribution in [3.8, 4) is 11.5 Å². The molecule has 1 heterocycles. The predicted molar refractivity (Wildman–Crippen MR) is 72.5 cm³/mol. The first kappa shape index (κ1) is 13.7. The van der Waals surface area contributed by atoms with E-state index >= 15 is 0 Å². The highest BCUT2D eigenvalue weighted by Crippen LogP contribution is 2.32. The summed E-state index contributed by atoms with van der Waals surface area (Å²) in [4.78, 5) is 0. The van der Waals surface area contributed by atoms with E-state index in [1.165, 1.54) is 0 Å². The molecule has 0 aliphatic heterocycles. The molecule has 0 aliphatic carbocycles. The molecule has 102 valence electrons. The molecule has 0 N–H and O–H groups in total. The maximum Gasteiger partial charge on any atom is 0.166 e. The molecule has 2 aromatic rings. The van der Waals surface area contributed by atoms with Gasteiger partial charge in [-0.1, -0.05) is 17.3 Å². The van der Waals surface area contributed by atoms with E-state index in [9.17, 15) is 0 Å². The van der Waals surface area contributed by atoms with Gasteiger partial charge in [-0.3, -0.25) is 4.68 Å². The van der Waals surface area contributed by atoms with Crippen LogP contribution in [0.25, 0.3) is 0 Å². The highest BCUT2D eigenvalue weighted by Gasteiger charge is 2.11. The zero-order valence-electron chi connectivity index (χ0n) is 11.0. The molecule has 0 radical (unpaired) electrons. The van der Waals surface area contributed by atoms with Gasteiger partial charge in [0.15, 0.2) is 11.5 Å². The van der Waals surface area contributed by atoms with Gasteiger partial charge >= 0.3 is 0 Å². The van der Waals surface area contributed by atoms with E-state index in [-0.39, 0.29) is 0 Å². The SMILES string of the molecule is CCOc1cccc(CCl)c1OCc1cn(C)nn1. The van der Waals surface area contributed by atoms with Crippen molar-refractivity contribution in [3.63, 3.8) is 0 Å². The maximum atomic E-state index is 5.92. The molecule has 0 fully saturated rings. The molecule has 1 aromatic heterocycles. The zero-order chi connectivity index (χ0) is 13.7. The minimum absolute atomic E-state index is 0.335. The molecule has 0 atom stereocenters. The fraction of sp³-hybridized carbons (Fsp3) is 0.385. The van der Waals surface area contributed by atoms with E-state index in [1.807, 2.05) is 38.4 Å². The monoisotopic (exact) mass is 281 g/mol. The third kappa shape index (κ3) is 3.38. The van der Waals surface area contributed by atoms with Crippen molar-refractivity contribution in [1.82, 2.24) is 15.0 Å². The molecule has 0 saturated carbocycles. The number of benzene rings is 1. The van der Waals surface area contributed by atoms with Crippen molar-refractivity contribution in [2.24, 2.45) is 7.05 Å². The van der Waals surface area contributed by atoms with Crippen LogP contribution in [0, 0.1) is 0 Å². The topological polar surface area (TPSA) is 49.2 Å². The second kappa shape index (κ2) is 6.43. The van der Waals surface area contributed by atoms with Crippen molar-refractivity contribution >= 4 is 11.6 Å². The third-order valence-corrected chi connectivity index (χ3v) is 2.81. The quantitative estimate of drug-likeness (QED) is 0.764. The average molecular weight is 282 g/mol. The van der Waals surface area contributed by atoms with Gasteiger partial charge in [-0.25, -0.2) is 0 Å². The molecule has 0 bridgehead atoms. The lowest BCUT2D eigenvalue weighted by Crippen LogP contribution is -2.02. The Morgan fingerprint density at radius 2 is 2.16 bits per heavy atom. The summed E-state index contributed by atoms with van der Waals surface area (Å²) in [5, 5.41) is 7.84. The number of aryl methyl sites for hydroxylation is 1. The number of halogens is 1. The number of aromatic nitrogens is 3. The smallest absolute Gasteiger partial charge is 0.166 e. The summed E-state index contributed by atoms with van der Waals surface area (Å²) in [6, 6.07) is 5.69. The van der Waals surface area contributed by atoms with E-state index in [0.29, 0.717) is 30.6 Å². The van der Waals surface area contributed by atoms with Crippen LogP contribution in [0.15, 0.2) is 24.4 Å². The summed E-state index contributed by atoms with van der Waals surface area (Å²) in [6.07, 6.45) is 1.81. The maximum absolute atomic E-state index is 5.92. The molecule has 5 nitrogen and oxygen atoms in total. The number of para-hydroxylation sites is 1. The lowest BCUT2D eigenvalue weighted by molar-refractivity contribution is 0.264. The molecule has 2 rings (SSSR count). The number of rotatable bonds is 6. The Labute approximate surface area is 117 Å². The van der Waals surface area contributed by atoms with Crippen LogP contribution in [-0.4, -0.2) is 21.6 Å². The molecule has 0 spiro atoms. The second-order valence-corrected chi connectivity index (χ2v) is 4.25. The van der Waals surface area contributed by atoms with Gasteiger partial charge in [0.25, 0.3) is 0 Å². The fourth-order valence-electron chi connectivity index (χ4n) is 1.71. The van der Waals surface area contributed by atoms with Gasteiger partial charge in [0.2, 0.25) is 0 Å². The Morgan fingerprint density at radius 3 is 2.79 bits per heavy atom. The lowest BCUT2D eigenvalue weighted by Gasteiger charge is -2.14. The highest BCUT2D eigenvalue weighted by molar-refractivity contribution is 6.17. The third-order valence-electron chi connectivity index (χ3n) is 2.52. The molecule has 0 aliphatic rings. The first-order valence-electron chi connectivity index (χ1n) is 6.03. The molecule has 19 heavy (non-hydrogen) atoms. The van der Waals surface area contributed by atoms with Crippen LogP contribution in [0.4, 0.5) is 0 Å². The van der Waals surface area contributed by atoms with Gasteiger partial charge in [-0.2, -0.15) is 0 Å². The summed E-state index contributed by atoms with van der Waals surface area (Å²) in [5.41, 5.74) is 1.66. The van der Waals surface area contributed by atoms with Crippen molar-refractivity contribution in [3.05, 3.63) is 35.7 Å². The van der Waals surface area contributed by atoms with E-state index in [2.05, 4.69) is 10.3 Å². The van der Waals surface area contributed by atoms with E-state index in [1.54, 1.807) is 4.68 Å². The molecule has 0 unspecified atom stereocenters. The summed E-state index contributed by atoms with van der Waals surface area (Å²) in [5.74, 6) is 1.74. The standard InChI is InChI=1S/C13H16ClN3O2/c1-3-18-12-6-4-5-10(7-14)13(12)19-9-11-8-17(2)16-15-11/h4-6,8H,3,7,9H2,1-2H3. The van der Waals surface area contributed by atoms with Crippen molar-refractivity contribution in [2.45, 2.75) is 19.4 Å². The van der Waals surface area contributed by atoms with Crippen LogP contribution >= 0.6 is 11.6 Å². The van der Waals surface area contributed by atoms with Gasteiger partial charge in [0.1, 0.15) is 12.3 Å². The number of alkyl halides is 1. The molecular formula is C13H16ClN3O2. The first-order valence-corrected chi connectivity index (χ1v) is 6.56. The van der Waals surface area contributed by atoms with Gasteiger partial charge in [0, 0.05) is 12.6 Å². The van der Waals surface area contributed by atoms with Gasteiger partial charge in [-0.05, 0) is 13.0 Å². The minimum Gasteiger partial charge on any atom is -0.490 e. The minimum atomic E-state index is 0.335. The lowest BCUT2D eigenvalue weighted by atomic mass is 10.2. The Hall–Kier alpha value is -1.75. The van der Waals surface area contributed by atoms with Crippen molar-refractivity contribution in [1.29, 1.82) is 0 Å². The normalized spacial score (nSPS) is 10.5. The first-order chi connectivity index (χ1) is 9.24. The fourth-order valence-corrected chi connectivity index (χ4v) is 1.92. The van der Waals surface area contributed by atoms with Crippen LogP contribution in [0.5, 0.6) is 11.5 Å². The number of ether oxygens (including phenoxy) is 2. The summed E-state index contributed by atoms with van der Waals surface area (Å²) in [6.45, 7) is 2.84. The average Bonchev–Trinajstić information content (AvgIpc) is 2.83. The van der Waals surface area contributed by atoms with Gasteiger partial charge in [0.05, 0.1) is 18.7 Å². The second-order valence-electron chi connectivity index (χ2n) is 3.98. The predicted octanol–water partition coefficient (Wildman–Crippen LogP) is 2.53. The van der Waals surface area contributed by atoms with Crippen LogP contribution < -0.4 is 9.47 Å². The van der Waals surface area contributed by atoms with E-state index < -0.39 is 0 Å². The number of hydrogen-bond donors (Lipinski definition) is 0. The Bertz CT molecular complexity index is 542. The van der Waals surface area contributed by atoms with Crippen LogP contribution in [0.1, 0.15) is 18.2 Å². The molecule has 0 amide bonds. The molecule has 6 heteroatoms. The van der Waals surface area contributed by atoms with Crippen LogP contribution in [0.3, 0.4) is 0 Å².